The van der Waals surface area contributed by atoms with Gasteiger partial charge in [-0.1, -0.05) is 13.0 Å². The van der Waals surface area contributed by atoms with Crippen LogP contribution in [0.1, 0.15) is 37.5 Å². The first-order valence-corrected chi connectivity index (χ1v) is 6.94. The number of nitrogens with zero attached hydrogens (tertiary/aromatic N) is 1. The van der Waals surface area contributed by atoms with Crippen molar-refractivity contribution in [1.29, 1.82) is 0 Å². The van der Waals surface area contributed by atoms with Gasteiger partial charge >= 0.3 is 5.97 Å². The van der Waals surface area contributed by atoms with E-state index in [1.165, 1.54) is 22.3 Å². The van der Waals surface area contributed by atoms with E-state index in [1.54, 1.807) is 12.1 Å². The number of thiophene rings is 1. The summed E-state index contributed by atoms with van der Waals surface area (Å²) in [5.41, 5.74) is 0.995. The largest absolute Gasteiger partial charge is 0.477 e. The van der Waals surface area contributed by atoms with Crippen LogP contribution in [0.5, 0.6) is 0 Å². The van der Waals surface area contributed by atoms with Crippen molar-refractivity contribution in [1.82, 2.24) is 4.98 Å². The average molecular weight is 290 g/mol. The molecular formula is C14H14N2O3S. The molecule has 1 amide bonds. The lowest BCUT2D eigenvalue weighted by molar-refractivity contribution is 0.0690. The molecule has 0 fully saturated rings. The van der Waals surface area contributed by atoms with Crippen molar-refractivity contribution >= 4 is 29.0 Å². The number of aromatic carboxylic acids is 1. The lowest BCUT2D eigenvalue weighted by Gasteiger charge is -2.03. The molecule has 6 heteroatoms. The Hall–Kier alpha value is -2.21. The Morgan fingerprint density at radius 2 is 2.15 bits per heavy atom. The third kappa shape index (κ3) is 3.03. The Morgan fingerprint density at radius 1 is 1.40 bits per heavy atom. The van der Waals surface area contributed by atoms with Gasteiger partial charge < -0.3 is 10.4 Å². The van der Waals surface area contributed by atoms with Gasteiger partial charge in [0.1, 0.15) is 5.82 Å². The normalized spacial score (nSPS) is 10.3. The van der Waals surface area contributed by atoms with E-state index in [-0.39, 0.29) is 17.4 Å². The summed E-state index contributed by atoms with van der Waals surface area (Å²) in [6.07, 6.45) is 0.885. The summed E-state index contributed by atoms with van der Waals surface area (Å²) in [6, 6.07) is 6.32. The maximum Gasteiger partial charge on any atom is 0.354 e. The fourth-order valence-corrected chi connectivity index (χ4v) is 2.79. The molecule has 0 radical (unpaired) electrons. The van der Waals surface area contributed by atoms with E-state index in [0.29, 0.717) is 4.88 Å². The quantitative estimate of drug-likeness (QED) is 0.907. The molecule has 0 aliphatic heterocycles. The Kier molecular flexibility index (Phi) is 4.14. The summed E-state index contributed by atoms with van der Waals surface area (Å²) >= 11 is 1.44. The molecule has 2 aromatic heterocycles. The molecule has 5 nitrogen and oxygen atoms in total. The number of aromatic nitrogens is 1. The molecular weight excluding hydrogens is 276 g/mol. The Morgan fingerprint density at radius 3 is 2.75 bits per heavy atom. The number of hydrogen-bond donors (Lipinski definition) is 2. The number of aryl methyl sites for hydroxylation is 2. The van der Waals surface area contributed by atoms with E-state index in [9.17, 15) is 9.59 Å². The highest BCUT2D eigenvalue weighted by atomic mass is 32.1. The molecule has 0 aliphatic rings. The van der Waals surface area contributed by atoms with Crippen LogP contribution in [0, 0.1) is 6.92 Å². The van der Waals surface area contributed by atoms with Gasteiger partial charge in [0.05, 0.1) is 4.88 Å². The van der Waals surface area contributed by atoms with Gasteiger partial charge in [0.25, 0.3) is 5.91 Å². The molecule has 0 bridgehead atoms. The summed E-state index contributed by atoms with van der Waals surface area (Å²) in [5, 5.41) is 11.5. The second-order valence-corrected chi connectivity index (χ2v) is 5.37. The van der Waals surface area contributed by atoms with Crippen molar-refractivity contribution < 1.29 is 14.7 Å². The first-order valence-electron chi connectivity index (χ1n) is 6.12. The highest BCUT2D eigenvalue weighted by Crippen LogP contribution is 2.23. The van der Waals surface area contributed by atoms with E-state index < -0.39 is 5.97 Å². The number of carboxylic acids is 1. The molecule has 2 aromatic rings. The van der Waals surface area contributed by atoms with Gasteiger partial charge in [0.15, 0.2) is 5.69 Å². The van der Waals surface area contributed by atoms with Crippen molar-refractivity contribution in [2.24, 2.45) is 0 Å². The minimum atomic E-state index is -1.12. The van der Waals surface area contributed by atoms with Gasteiger partial charge in [-0.05, 0) is 37.1 Å². The van der Waals surface area contributed by atoms with Gasteiger partial charge in [0, 0.05) is 4.88 Å². The second kappa shape index (κ2) is 5.83. The van der Waals surface area contributed by atoms with Crippen LogP contribution < -0.4 is 5.32 Å². The third-order valence-electron chi connectivity index (χ3n) is 2.78. The van der Waals surface area contributed by atoms with Crippen LogP contribution in [0.25, 0.3) is 0 Å². The van der Waals surface area contributed by atoms with Gasteiger partial charge in [-0.3, -0.25) is 4.79 Å². The van der Waals surface area contributed by atoms with Gasteiger partial charge in [-0.25, -0.2) is 9.78 Å². The summed E-state index contributed by atoms with van der Waals surface area (Å²) < 4.78 is 0. The number of carbonyl (C=O) groups is 2. The van der Waals surface area contributed by atoms with E-state index in [4.69, 9.17) is 5.11 Å². The topological polar surface area (TPSA) is 79.3 Å². The second-order valence-electron chi connectivity index (χ2n) is 4.24. The number of amides is 1. The zero-order chi connectivity index (χ0) is 14.7. The molecule has 0 spiro atoms. The molecule has 0 aromatic carbocycles. The lowest BCUT2D eigenvalue weighted by atomic mass is 10.2. The van der Waals surface area contributed by atoms with Gasteiger partial charge in [0.2, 0.25) is 0 Å². The minimum absolute atomic E-state index is 0.0978. The van der Waals surface area contributed by atoms with Crippen LogP contribution in [-0.4, -0.2) is 22.0 Å². The Bertz CT molecular complexity index is 664. The monoisotopic (exact) mass is 290 g/mol. The molecule has 0 saturated heterocycles. The highest BCUT2D eigenvalue weighted by Gasteiger charge is 2.13. The SMILES string of the molecule is CCc1sc(C(=O)Nc2cccc(C(=O)O)n2)cc1C. The van der Waals surface area contributed by atoms with Crippen LogP contribution in [-0.2, 0) is 6.42 Å². The average Bonchev–Trinajstić information content (AvgIpc) is 2.80. The minimum Gasteiger partial charge on any atom is -0.477 e. The first-order chi connectivity index (χ1) is 9.51. The van der Waals surface area contributed by atoms with Crippen LogP contribution in [0.15, 0.2) is 24.3 Å². The lowest BCUT2D eigenvalue weighted by Crippen LogP contribution is -2.12. The van der Waals surface area contributed by atoms with E-state index in [1.807, 2.05) is 19.9 Å². The number of carbonyl (C=O) groups excluding carboxylic acids is 1. The number of hydrogen-bond acceptors (Lipinski definition) is 4. The van der Waals surface area contributed by atoms with Crippen molar-refractivity contribution in [3.8, 4) is 0 Å². The van der Waals surface area contributed by atoms with Crippen LogP contribution in [0.2, 0.25) is 0 Å². The number of nitrogens with one attached hydrogen (secondary N) is 1. The summed E-state index contributed by atoms with van der Waals surface area (Å²) in [4.78, 5) is 28.5. The van der Waals surface area contributed by atoms with Crippen molar-refractivity contribution in [2.45, 2.75) is 20.3 Å². The predicted molar refractivity (Wildman–Crippen MR) is 77.6 cm³/mol. The maximum absolute atomic E-state index is 12.1. The molecule has 20 heavy (non-hydrogen) atoms. The van der Waals surface area contributed by atoms with Crippen molar-refractivity contribution in [3.05, 3.63) is 45.3 Å². The fourth-order valence-electron chi connectivity index (χ4n) is 1.78. The van der Waals surface area contributed by atoms with Crippen LogP contribution >= 0.6 is 11.3 Å². The summed E-state index contributed by atoms with van der Waals surface area (Å²) in [7, 11) is 0. The number of pyridine rings is 1. The first kappa shape index (κ1) is 14.2. The summed E-state index contributed by atoms with van der Waals surface area (Å²) in [5.74, 6) is -1.16. The number of rotatable bonds is 4. The molecule has 2 rings (SSSR count). The highest BCUT2D eigenvalue weighted by molar-refractivity contribution is 7.14. The zero-order valence-corrected chi connectivity index (χ0v) is 12.0. The molecule has 2 heterocycles. The number of anilines is 1. The molecule has 0 aliphatic carbocycles. The van der Waals surface area contributed by atoms with Crippen LogP contribution in [0.3, 0.4) is 0 Å². The molecule has 0 atom stereocenters. The number of carboxylic acid groups (broad SMARTS) is 1. The van der Waals surface area contributed by atoms with E-state index in [2.05, 4.69) is 10.3 Å². The van der Waals surface area contributed by atoms with Gasteiger partial charge in [-0.15, -0.1) is 11.3 Å². The maximum atomic E-state index is 12.1. The molecule has 0 saturated carbocycles. The van der Waals surface area contributed by atoms with E-state index in [0.717, 1.165) is 12.0 Å². The molecule has 0 unspecified atom stereocenters. The Balaban J connectivity index is 2.18. The molecule has 104 valence electrons. The van der Waals surface area contributed by atoms with Gasteiger partial charge in [-0.2, -0.15) is 0 Å². The van der Waals surface area contributed by atoms with Crippen molar-refractivity contribution in [3.63, 3.8) is 0 Å². The smallest absolute Gasteiger partial charge is 0.354 e. The predicted octanol–water partition coefficient (Wildman–Crippen LogP) is 2.96. The van der Waals surface area contributed by atoms with E-state index >= 15 is 0 Å². The standard InChI is InChI=1S/C14H14N2O3S/c1-3-10-8(2)7-11(20-10)13(17)16-12-6-4-5-9(15-12)14(18)19/h4-7H,3H2,1-2H3,(H,18,19)(H,15,16,17). The summed E-state index contributed by atoms with van der Waals surface area (Å²) in [6.45, 7) is 4.01. The Labute approximate surface area is 120 Å². The van der Waals surface area contributed by atoms with Crippen LogP contribution in [0.4, 0.5) is 5.82 Å². The third-order valence-corrected chi connectivity index (χ3v) is 4.16. The zero-order valence-electron chi connectivity index (χ0n) is 11.1. The fraction of sp³-hybridized carbons (Fsp3) is 0.214. The molecule has 2 N–H and O–H groups in total. The van der Waals surface area contributed by atoms with Crippen molar-refractivity contribution in [2.75, 3.05) is 5.32 Å².